The normalized spacial score (nSPS) is 10.7. The van der Waals surface area contributed by atoms with Crippen molar-refractivity contribution >= 4 is 0 Å². The highest BCUT2D eigenvalue weighted by Crippen LogP contribution is 2.27. The van der Waals surface area contributed by atoms with Gasteiger partial charge in [0.25, 0.3) is 0 Å². The van der Waals surface area contributed by atoms with Crippen molar-refractivity contribution in [2.24, 2.45) is 0 Å². The number of ether oxygens (including phenoxy) is 2. The smallest absolute Gasteiger partial charge is 0.220 e. The standard InChI is InChI=1S/C32H33N3O2/c1-3-4-14-31-30(21-25-15-17-27(18-16-25)29-13-9-8-12-28(29)22-33)32(35-24(2)34-31)37-20-19-36-23-26-10-6-5-7-11-26/h5-13,15-18H,3-4,14,19-21,23H2,1-2H3. The number of nitriles is 1. The van der Waals surface area contributed by atoms with Gasteiger partial charge in [-0.25, -0.2) is 4.98 Å². The van der Waals surface area contributed by atoms with E-state index < -0.39 is 0 Å². The van der Waals surface area contributed by atoms with Gasteiger partial charge < -0.3 is 9.47 Å². The van der Waals surface area contributed by atoms with Crippen LogP contribution >= 0.6 is 0 Å². The summed E-state index contributed by atoms with van der Waals surface area (Å²) >= 11 is 0. The zero-order valence-electron chi connectivity index (χ0n) is 21.6. The molecule has 0 atom stereocenters. The first-order valence-electron chi connectivity index (χ1n) is 12.9. The fourth-order valence-corrected chi connectivity index (χ4v) is 4.27. The largest absolute Gasteiger partial charge is 0.475 e. The molecule has 3 aromatic carbocycles. The molecule has 1 heterocycles. The Morgan fingerprint density at radius 1 is 0.838 bits per heavy atom. The number of rotatable bonds is 12. The van der Waals surface area contributed by atoms with Crippen molar-refractivity contribution in [3.8, 4) is 23.1 Å². The second kappa shape index (κ2) is 13.3. The number of nitrogens with zero attached hydrogens (tertiary/aromatic N) is 3. The van der Waals surface area contributed by atoms with E-state index in [4.69, 9.17) is 14.5 Å². The van der Waals surface area contributed by atoms with Gasteiger partial charge in [-0.3, -0.25) is 0 Å². The number of aromatic nitrogens is 2. The fraction of sp³-hybridized carbons (Fsp3) is 0.281. The Hall–Kier alpha value is -4.01. The number of benzene rings is 3. The number of hydrogen-bond donors (Lipinski definition) is 0. The van der Waals surface area contributed by atoms with Crippen molar-refractivity contribution < 1.29 is 9.47 Å². The van der Waals surface area contributed by atoms with Crippen LogP contribution in [0.5, 0.6) is 5.88 Å². The lowest BCUT2D eigenvalue weighted by Gasteiger charge is -2.16. The molecule has 0 saturated carbocycles. The third kappa shape index (κ3) is 7.25. The van der Waals surface area contributed by atoms with Crippen LogP contribution in [0.2, 0.25) is 0 Å². The van der Waals surface area contributed by atoms with Gasteiger partial charge in [0.1, 0.15) is 12.4 Å². The summed E-state index contributed by atoms with van der Waals surface area (Å²) in [6, 6.07) is 28.5. The Balaban J connectivity index is 1.49. The number of aryl methyl sites for hydroxylation is 2. The van der Waals surface area contributed by atoms with Crippen LogP contribution in [-0.4, -0.2) is 23.2 Å². The highest BCUT2D eigenvalue weighted by molar-refractivity contribution is 5.70. The second-order valence-electron chi connectivity index (χ2n) is 9.02. The Bertz CT molecular complexity index is 1330. The van der Waals surface area contributed by atoms with Crippen molar-refractivity contribution in [1.29, 1.82) is 5.26 Å². The zero-order chi connectivity index (χ0) is 25.9. The first-order valence-corrected chi connectivity index (χ1v) is 12.9. The molecule has 4 aromatic rings. The average Bonchev–Trinajstić information content (AvgIpc) is 2.94. The molecule has 0 spiro atoms. The SMILES string of the molecule is CCCCc1nc(C)nc(OCCOCc2ccccc2)c1Cc1ccc(-c2ccccc2C#N)cc1. The van der Waals surface area contributed by atoms with Crippen molar-refractivity contribution in [2.45, 2.75) is 46.1 Å². The minimum atomic E-state index is 0.424. The number of unbranched alkanes of at least 4 members (excludes halogenated alkanes) is 1. The number of hydrogen-bond acceptors (Lipinski definition) is 5. The maximum atomic E-state index is 9.46. The Labute approximate surface area is 219 Å². The summed E-state index contributed by atoms with van der Waals surface area (Å²) in [5.74, 6) is 1.36. The third-order valence-electron chi connectivity index (χ3n) is 6.21. The maximum absolute atomic E-state index is 9.46. The fourth-order valence-electron chi connectivity index (χ4n) is 4.27. The van der Waals surface area contributed by atoms with Crippen molar-refractivity contribution in [3.63, 3.8) is 0 Å². The molecule has 1 aromatic heterocycles. The summed E-state index contributed by atoms with van der Waals surface area (Å²) in [6.07, 6.45) is 3.73. The molecule has 0 unspecified atom stereocenters. The molecule has 0 fully saturated rings. The van der Waals surface area contributed by atoms with Crippen LogP contribution in [0.25, 0.3) is 11.1 Å². The predicted octanol–water partition coefficient (Wildman–Crippen LogP) is 6.85. The molecule has 0 saturated heterocycles. The molecule has 0 aliphatic carbocycles. The van der Waals surface area contributed by atoms with Crippen LogP contribution in [0.4, 0.5) is 0 Å². The van der Waals surface area contributed by atoms with Crippen molar-refractivity contribution in [3.05, 3.63) is 113 Å². The van der Waals surface area contributed by atoms with Gasteiger partial charge >= 0.3 is 0 Å². The maximum Gasteiger partial charge on any atom is 0.220 e. The lowest BCUT2D eigenvalue weighted by Crippen LogP contribution is -2.12. The molecule has 5 nitrogen and oxygen atoms in total. The first kappa shape index (κ1) is 26.1. The summed E-state index contributed by atoms with van der Waals surface area (Å²) in [5.41, 5.74) is 7.02. The highest BCUT2D eigenvalue weighted by Gasteiger charge is 2.16. The van der Waals surface area contributed by atoms with Gasteiger partial charge in [-0.15, -0.1) is 0 Å². The molecular weight excluding hydrogens is 458 g/mol. The van der Waals surface area contributed by atoms with Crippen LogP contribution in [-0.2, 0) is 24.2 Å². The van der Waals surface area contributed by atoms with Gasteiger partial charge in [0.15, 0.2) is 0 Å². The quantitative estimate of drug-likeness (QED) is 0.203. The first-order chi connectivity index (χ1) is 18.2. The van der Waals surface area contributed by atoms with E-state index in [2.05, 4.69) is 54.4 Å². The van der Waals surface area contributed by atoms with Crippen LogP contribution in [0.3, 0.4) is 0 Å². The van der Waals surface area contributed by atoms with Crippen molar-refractivity contribution in [1.82, 2.24) is 9.97 Å². The molecule has 37 heavy (non-hydrogen) atoms. The van der Waals surface area contributed by atoms with Crippen LogP contribution < -0.4 is 4.74 Å². The lowest BCUT2D eigenvalue weighted by molar-refractivity contribution is 0.0870. The van der Waals surface area contributed by atoms with E-state index in [0.717, 1.165) is 58.6 Å². The molecule has 0 N–H and O–H groups in total. The monoisotopic (exact) mass is 491 g/mol. The van der Waals surface area contributed by atoms with Gasteiger partial charge in [0.2, 0.25) is 5.88 Å². The van der Waals surface area contributed by atoms with E-state index in [-0.39, 0.29) is 0 Å². The van der Waals surface area contributed by atoms with Gasteiger partial charge in [0, 0.05) is 12.0 Å². The van der Waals surface area contributed by atoms with Crippen LogP contribution in [0, 0.1) is 18.3 Å². The minimum absolute atomic E-state index is 0.424. The summed E-state index contributed by atoms with van der Waals surface area (Å²) in [5, 5.41) is 9.46. The van der Waals surface area contributed by atoms with Gasteiger partial charge in [0.05, 0.1) is 30.5 Å². The van der Waals surface area contributed by atoms with E-state index in [9.17, 15) is 5.26 Å². The van der Waals surface area contributed by atoms with Crippen LogP contribution in [0.15, 0.2) is 78.9 Å². The van der Waals surface area contributed by atoms with Crippen molar-refractivity contribution in [2.75, 3.05) is 13.2 Å². The molecular formula is C32H33N3O2. The second-order valence-corrected chi connectivity index (χ2v) is 9.02. The third-order valence-corrected chi connectivity index (χ3v) is 6.21. The van der Waals surface area contributed by atoms with E-state index in [0.29, 0.717) is 37.7 Å². The Kier molecular flexibility index (Phi) is 9.40. The molecule has 0 aliphatic rings. The highest BCUT2D eigenvalue weighted by atomic mass is 16.5. The zero-order valence-corrected chi connectivity index (χ0v) is 21.6. The summed E-state index contributed by atoms with van der Waals surface area (Å²) in [4.78, 5) is 9.44. The average molecular weight is 492 g/mol. The van der Waals surface area contributed by atoms with E-state index >= 15 is 0 Å². The molecule has 0 amide bonds. The molecule has 0 aliphatic heterocycles. The predicted molar refractivity (Wildman–Crippen MR) is 146 cm³/mol. The van der Waals surface area contributed by atoms with E-state index in [1.165, 1.54) is 0 Å². The summed E-state index contributed by atoms with van der Waals surface area (Å²) < 4.78 is 12.0. The topological polar surface area (TPSA) is 68.0 Å². The van der Waals surface area contributed by atoms with Crippen LogP contribution in [0.1, 0.15) is 53.5 Å². The minimum Gasteiger partial charge on any atom is -0.475 e. The Morgan fingerprint density at radius 2 is 1.59 bits per heavy atom. The summed E-state index contributed by atoms with van der Waals surface area (Å²) in [6.45, 7) is 5.57. The molecule has 4 rings (SSSR count). The molecule has 0 bridgehead atoms. The molecule has 0 radical (unpaired) electrons. The molecule has 5 heteroatoms. The van der Waals surface area contributed by atoms with E-state index in [1.807, 2.05) is 49.4 Å². The summed E-state index contributed by atoms with van der Waals surface area (Å²) in [7, 11) is 0. The van der Waals surface area contributed by atoms with Gasteiger partial charge in [-0.05, 0) is 48.1 Å². The molecule has 188 valence electrons. The van der Waals surface area contributed by atoms with E-state index in [1.54, 1.807) is 0 Å². The van der Waals surface area contributed by atoms with Gasteiger partial charge in [-0.2, -0.15) is 10.2 Å². The Morgan fingerprint density at radius 3 is 2.35 bits per heavy atom. The lowest BCUT2D eigenvalue weighted by atomic mass is 9.96. The van der Waals surface area contributed by atoms with Gasteiger partial charge in [-0.1, -0.05) is 86.1 Å².